The van der Waals surface area contributed by atoms with Crippen LogP contribution in [-0.2, 0) is 0 Å². The van der Waals surface area contributed by atoms with Gasteiger partial charge in [0.1, 0.15) is 5.82 Å². The van der Waals surface area contributed by atoms with Crippen molar-refractivity contribution in [1.29, 1.82) is 0 Å². The van der Waals surface area contributed by atoms with Crippen molar-refractivity contribution in [2.45, 2.75) is 37.8 Å². The van der Waals surface area contributed by atoms with Gasteiger partial charge in [0, 0.05) is 17.8 Å². The van der Waals surface area contributed by atoms with E-state index in [1.165, 1.54) is 12.1 Å². The van der Waals surface area contributed by atoms with E-state index in [2.05, 4.69) is 5.32 Å². The van der Waals surface area contributed by atoms with Crippen LogP contribution < -0.4 is 11.1 Å². The predicted molar refractivity (Wildman–Crippen MR) is 60.3 cm³/mol. The monoisotopic (exact) mass is 208 g/mol. The highest BCUT2D eigenvalue weighted by molar-refractivity contribution is 5.43. The summed E-state index contributed by atoms with van der Waals surface area (Å²) in [5.74, 6) is -0.189. The zero-order valence-electron chi connectivity index (χ0n) is 8.75. The first-order chi connectivity index (χ1) is 7.24. The molecular formula is C12H17FN2. The van der Waals surface area contributed by atoms with Gasteiger partial charge in [-0.1, -0.05) is 0 Å². The predicted octanol–water partition coefficient (Wildman–Crippen LogP) is 2.51. The van der Waals surface area contributed by atoms with Crippen LogP contribution in [0.3, 0.4) is 0 Å². The van der Waals surface area contributed by atoms with E-state index < -0.39 is 0 Å². The molecule has 0 radical (unpaired) electrons. The third-order valence-electron chi connectivity index (χ3n) is 2.99. The quantitative estimate of drug-likeness (QED) is 0.783. The maximum Gasteiger partial charge on any atom is 0.123 e. The summed E-state index contributed by atoms with van der Waals surface area (Å²) in [4.78, 5) is 0. The van der Waals surface area contributed by atoms with Crippen LogP contribution in [0.2, 0.25) is 0 Å². The smallest absolute Gasteiger partial charge is 0.123 e. The van der Waals surface area contributed by atoms with Crippen molar-refractivity contribution in [2.24, 2.45) is 5.73 Å². The van der Waals surface area contributed by atoms with Gasteiger partial charge in [-0.3, -0.25) is 0 Å². The summed E-state index contributed by atoms with van der Waals surface area (Å²) < 4.78 is 12.7. The Bertz CT molecular complexity index is 302. The fraction of sp³-hybridized carbons (Fsp3) is 0.500. The van der Waals surface area contributed by atoms with Gasteiger partial charge in [0.15, 0.2) is 0 Å². The second-order valence-corrected chi connectivity index (χ2v) is 4.26. The molecule has 0 aromatic heterocycles. The van der Waals surface area contributed by atoms with E-state index in [1.54, 1.807) is 12.1 Å². The summed E-state index contributed by atoms with van der Waals surface area (Å²) >= 11 is 0. The highest BCUT2D eigenvalue weighted by Crippen LogP contribution is 2.21. The summed E-state index contributed by atoms with van der Waals surface area (Å²) in [6.07, 6.45) is 4.38. The number of hydrogen-bond donors (Lipinski definition) is 2. The average Bonchev–Trinajstić information content (AvgIpc) is 2.25. The molecule has 0 amide bonds. The molecule has 1 fully saturated rings. The zero-order valence-corrected chi connectivity index (χ0v) is 8.75. The normalized spacial score (nSPS) is 26.3. The summed E-state index contributed by atoms with van der Waals surface area (Å²) in [6.45, 7) is 0. The molecule has 2 nitrogen and oxygen atoms in total. The molecule has 1 aliphatic rings. The van der Waals surface area contributed by atoms with Crippen LogP contribution in [-0.4, -0.2) is 12.1 Å². The Morgan fingerprint density at radius 3 is 2.27 bits per heavy atom. The zero-order chi connectivity index (χ0) is 10.7. The van der Waals surface area contributed by atoms with Gasteiger partial charge in [0.25, 0.3) is 0 Å². The van der Waals surface area contributed by atoms with Crippen LogP contribution in [0.4, 0.5) is 10.1 Å². The van der Waals surface area contributed by atoms with Crippen molar-refractivity contribution in [3.8, 4) is 0 Å². The molecule has 1 saturated carbocycles. The maximum absolute atomic E-state index is 12.7. The van der Waals surface area contributed by atoms with Crippen molar-refractivity contribution >= 4 is 5.69 Å². The molecule has 0 bridgehead atoms. The van der Waals surface area contributed by atoms with Gasteiger partial charge in [-0.25, -0.2) is 4.39 Å². The molecule has 0 saturated heterocycles. The molecule has 1 aromatic rings. The van der Waals surface area contributed by atoms with E-state index in [4.69, 9.17) is 5.73 Å². The lowest BCUT2D eigenvalue weighted by Crippen LogP contribution is -2.32. The van der Waals surface area contributed by atoms with Crippen molar-refractivity contribution in [2.75, 3.05) is 5.32 Å². The Hall–Kier alpha value is -1.09. The largest absolute Gasteiger partial charge is 0.382 e. The van der Waals surface area contributed by atoms with Gasteiger partial charge < -0.3 is 11.1 Å². The van der Waals surface area contributed by atoms with Crippen LogP contribution in [0, 0.1) is 5.82 Å². The lowest BCUT2D eigenvalue weighted by molar-refractivity contribution is 0.411. The molecule has 0 aliphatic heterocycles. The van der Waals surface area contributed by atoms with Gasteiger partial charge in [-0.2, -0.15) is 0 Å². The number of rotatable bonds is 2. The molecule has 82 valence electrons. The first kappa shape index (κ1) is 10.4. The summed E-state index contributed by atoms with van der Waals surface area (Å²) in [7, 11) is 0. The summed E-state index contributed by atoms with van der Waals surface area (Å²) in [5.41, 5.74) is 6.83. The van der Waals surface area contributed by atoms with E-state index >= 15 is 0 Å². The SMILES string of the molecule is NC1CCC(Nc2ccc(F)cc2)CC1. The summed E-state index contributed by atoms with van der Waals surface area (Å²) in [6, 6.07) is 7.40. The van der Waals surface area contributed by atoms with Crippen molar-refractivity contribution in [1.82, 2.24) is 0 Å². The molecular weight excluding hydrogens is 191 g/mol. The van der Waals surface area contributed by atoms with Crippen LogP contribution in [0.15, 0.2) is 24.3 Å². The number of anilines is 1. The van der Waals surface area contributed by atoms with Crippen LogP contribution in [0.25, 0.3) is 0 Å². The van der Waals surface area contributed by atoms with Gasteiger partial charge in [0.05, 0.1) is 0 Å². The molecule has 0 heterocycles. The van der Waals surface area contributed by atoms with Gasteiger partial charge in [0.2, 0.25) is 0 Å². The van der Waals surface area contributed by atoms with Crippen molar-refractivity contribution in [3.05, 3.63) is 30.1 Å². The Balaban J connectivity index is 1.89. The molecule has 3 heteroatoms. The minimum atomic E-state index is -0.189. The first-order valence-electron chi connectivity index (χ1n) is 5.52. The second kappa shape index (κ2) is 4.62. The minimum Gasteiger partial charge on any atom is -0.382 e. The maximum atomic E-state index is 12.7. The Kier molecular flexibility index (Phi) is 3.21. The molecule has 3 N–H and O–H groups in total. The van der Waals surface area contributed by atoms with Crippen LogP contribution in [0.5, 0.6) is 0 Å². The molecule has 1 aliphatic carbocycles. The number of halogens is 1. The fourth-order valence-electron chi connectivity index (χ4n) is 2.05. The first-order valence-corrected chi connectivity index (χ1v) is 5.52. The third kappa shape index (κ3) is 2.93. The van der Waals surface area contributed by atoms with Crippen LogP contribution >= 0.6 is 0 Å². The third-order valence-corrected chi connectivity index (χ3v) is 2.99. The Labute approximate surface area is 89.7 Å². The lowest BCUT2D eigenvalue weighted by Gasteiger charge is -2.27. The van der Waals surface area contributed by atoms with E-state index in [9.17, 15) is 4.39 Å². The molecule has 0 atom stereocenters. The highest BCUT2D eigenvalue weighted by Gasteiger charge is 2.17. The number of benzene rings is 1. The van der Waals surface area contributed by atoms with Crippen LogP contribution in [0.1, 0.15) is 25.7 Å². The van der Waals surface area contributed by atoms with E-state index in [-0.39, 0.29) is 5.82 Å². The van der Waals surface area contributed by atoms with Gasteiger partial charge in [-0.15, -0.1) is 0 Å². The van der Waals surface area contributed by atoms with E-state index in [0.29, 0.717) is 12.1 Å². The Morgan fingerprint density at radius 2 is 1.67 bits per heavy atom. The lowest BCUT2D eigenvalue weighted by atomic mass is 9.92. The summed E-state index contributed by atoms with van der Waals surface area (Å²) in [5, 5.41) is 3.41. The number of nitrogens with two attached hydrogens (primary N) is 1. The topological polar surface area (TPSA) is 38.0 Å². The molecule has 0 spiro atoms. The molecule has 15 heavy (non-hydrogen) atoms. The van der Waals surface area contributed by atoms with Crippen molar-refractivity contribution in [3.63, 3.8) is 0 Å². The highest BCUT2D eigenvalue weighted by atomic mass is 19.1. The Morgan fingerprint density at radius 1 is 1.07 bits per heavy atom. The molecule has 1 aromatic carbocycles. The second-order valence-electron chi connectivity index (χ2n) is 4.26. The molecule has 2 rings (SSSR count). The van der Waals surface area contributed by atoms with Crippen molar-refractivity contribution < 1.29 is 4.39 Å². The fourth-order valence-corrected chi connectivity index (χ4v) is 2.05. The van der Waals surface area contributed by atoms with E-state index in [1.807, 2.05) is 0 Å². The average molecular weight is 208 g/mol. The number of hydrogen-bond acceptors (Lipinski definition) is 2. The van der Waals surface area contributed by atoms with Gasteiger partial charge in [-0.05, 0) is 49.9 Å². The van der Waals surface area contributed by atoms with Gasteiger partial charge >= 0.3 is 0 Å². The minimum absolute atomic E-state index is 0.189. The number of nitrogens with one attached hydrogen (secondary N) is 1. The van der Waals surface area contributed by atoms with E-state index in [0.717, 1.165) is 31.4 Å². The standard InChI is InChI=1S/C12H17FN2/c13-9-1-5-11(6-2-9)15-12-7-3-10(14)4-8-12/h1-2,5-6,10,12,15H,3-4,7-8,14H2. The molecule has 0 unspecified atom stereocenters.